The molecule has 2 aromatic rings. The first-order chi connectivity index (χ1) is 10.6. The van der Waals surface area contributed by atoms with Gasteiger partial charge in [0.15, 0.2) is 11.8 Å². The molecule has 22 heavy (non-hydrogen) atoms. The predicted octanol–water partition coefficient (Wildman–Crippen LogP) is 2.47. The Morgan fingerprint density at radius 3 is 2.73 bits per heavy atom. The van der Waals surface area contributed by atoms with Crippen molar-refractivity contribution in [2.45, 2.75) is 19.6 Å². The molecule has 0 bridgehead atoms. The van der Waals surface area contributed by atoms with Gasteiger partial charge in [-0.2, -0.15) is 0 Å². The topological polar surface area (TPSA) is 77.5 Å². The van der Waals surface area contributed by atoms with Crippen molar-refractivity contribution in [1.29, 1.82) is 0 Å². The van der Waals surface area contributed by atoms with E-state index in [0.29, 0.717) is 17.3 Å². The second kappa shape index (κ2) is 7.67. The average Bonchev–Trinajstić information content (AvgIpc) is 2.97. The van der Waals surface area contributed by atoms with Crippen LogP contribution in [0.15, 0.2) is 35.7 Å². The van der Waals surface area contributed by atoms with Gasteiger partial charge in [-0.15, -0.1) is 11.3 Å². The molecule has 1 aromatic carbocycles. The highest BCUT2D eigenvalue weighted by molar-refractivity contribution is 7.09. The number of benzene rings is 1. The Balaban J connectivity index is 1.91. The van der Waals surface area contributed by atoms with Gasteiger partial charge in [-0.1, -0.05) is 18.2 Å². The molecule has 6 nitrogen and oxygen atoms in total. The van der Waals surface area contributed by atoms with E-state index in [-0.39, 0.29) is 5.69 Å². The number of carbonyl (C=O) groups excluding carboxylic acids is 2. The molecule has 0 radical (unpaired) electrons. The molecule has 0 aliphatic heterocycles. The van der Waals surface area contributed by atoms with E-state index in [1.165, 1.54) is 18.3 Å². The zero-order valence-electron chi connectivity index (χ0n) is 12.2. The Morgan fingerprint density at radius 2 is 2.05 bits per heavy atom. The minimum atomic E-state index is -0.916. The van der Waals surface area contributed by atoms with Crippen LogP contribution in [0.1, 0.15) is 22.4 Å². The van der Waals surface area contributed by atoms with Crippen molar-refractivity contribution in [3.8, 4) is 0 Å². The molecule has 0 fully saturated rings. The summed E-state index contributed by atoms with van der Waals surface area (Å²) in [7, 11) is 1.55. The van der Waals surface area contributed by atoms with Crippen molar-refractivity contribution >= 4 is 28.9 Å². The fraction of sp³-hybridized carbons (Fsp3) is 0.267. The van der Waals surface area contributed by atoms with Crippen molar-refractivity contribution in [2.75, 3.05) is 12.4 Å². The largest absolute Gasteiger partial charge is 0.448 e. The first kappa shape index (κ1) is 16.1. The van der Waals surface area contributed by atoms with Crippen LogP contribution in [0.25, 0.3) is 0 Å². The molecule has 1 atom stereocenters. The molecule has 0 aliphatic carbocycles. The van der Waals surface area contributed by atoms with E-state index in [1.807, 2.05) is 6.07 Å². The van der Waals surface area contributed by atoms with Gasteiger partial charge in [0.25, 0.3) is 5.91 Å². The van der Waals surface area contributed by atoms with Crippen LogP contribution in [-0.2, 0) is 20.9 Å². The lowest BCUT2D eigenvalue weighted by Gasteiger charge is -2.12. The SMILES string of the molecule is COCc1nc(C(=O)OC(C)C(=O)Nc2ccccc2)cs1. The molecule has 1 unspecified atom stereocenters. The summed E-state index contributed by atoms with van der Waals surface area (Å²) in [6.45, 7) is 1.85. The normalized spacial score (nSPS) is 11.7. The third kappa shape index (κ3) is 4.37. The number of hydrogen-bond donors (Lipinski definition) is 1. The molecule has 116 valence electrons. The number of rotatable bonds is 6. The minimum absolute atomic E-state index is 0.177. The summed E-state index contributed by atoms with van der Waals surface area (Å²) >= 11 is 1.30. The molecule has 1 N–H and O–H groups in total. The fourth-order valence-corrected chi connectivity index (χ4v) is 2.37. The Bertz CT molecular complexity index is 642. The van der Waals surface area contributed by atoms with Gasteiger partial charge in [-0.05, 0) is 19.1 Å². The molecule has 7 heteroatoms. The lowest BCUT2D eigenvalue weighted by Crippen LogP contribution is -2.30. The number of nitrogens with one attached hydrogen (secondary N) is 1. The van der Waals surface area contributed by atoms with E-state index in [0.717, 1.165) is 0 Å². The molecule has 1 amide bonds. The third-order valence-electron chi connectivity index (χ3n) is 2.72. The number of hydrogen-bond acceptors (Lipinski definition) is 6. The number of amides is 1. The number of anilines is 1. The van der Waals surface area contributed by atoms with Crippen LogP contribution in [0, 0.1) is 0 Å². The summed E-state index contributed by atoms with van der Waals surface area (Å²) < 4.78 is 10.1. The van der Waals surface area contributed by atoms with Gasteiger partial charge in [-0.3, -0.25) is 4.79 Å². The second-order valence-electron chi connectivity index (χ2n) is 4.46. The molecule has 0 saturated heterocycles. The molecular formula is C15H16N2O4S. The molecule has 1 heterocycles. The van der Waals surface area contributed by atoms with E-state index < -0.39 is 18.0 Å². The van der Waals surface area contributed by atoms with E-state index in [2.05, 4.69) is 10.3 Å². The van der Waals surface area contributed by atoms with Gasteiger partial charge in [-0.25, -0.2) is 9.78 Å². The maximum atomic E-state index is 12.0. The third-order valence-corrected chi connectivity index (χ3v) is 3.55. The lowest BCUT2D eigenvalue weighted by molar-refractivity contribution is -0.123. The van der Waals surface area contributed by atoms with Gasteiger partial charge in [0.05, 0.1) is 6.61 Å². The van der Waals surface area contributed by atoms with Gasteiger partial charge in [0, 0.05) is 18.2 Å². The van der Waals surface area contributed by atoms with E-state index >= 15 is 0 Å². The van der Waals surface area contributed by atoms with E-state index in [9.17, 15) is 9.59 Å². The second-order valence-corrected chi connectivity index (χ2v) is 5.40. The summed E-state index contributed by atoms with van der Waals surface area (Å²) in [6, 6.07) is 8.96. The van der Waals surface area contributed by atoms with Gasteiger partial charge < -0.3 is 14.8 Å². The number of carbonyl (C=O) groups is 2. The molecule has 0 saturated carbocycles. The first-order valence-electron chi connectivity index (χ1n) is 6.60. The van der Waals surface area contributed by atoms with Gasteiger partial charge in [0.1, 0.15) is 5.01 Å². The summed E-state index contributed by atoms with van der Waals surface area (Å²) in [6.07, 6.45) is -0.916. The quantitative estimate of drug-likeness (QED) is 0.827. The van der Waals surface area contributed by atoms with Crippen LogP contribution in [0.2, 0.25) is 0 Å². The van der Waals surface area contributed by atoms with E-state index in [4.69, 9.17) is 9.47 Å². The zero-order chi connectivity index (χ0) is 15.9. The number of para-hydroxylation sites is 1. The molecule has 0 spiro atoms. The summed E-state index contributed by atoms with van der Waals surface area (Å²) in [5.41, 5.74) is 0.822. The molecular weight excluding hydrogens is 304 g/mol. The standard InChI is InChI=1S/C15H16N2O4S/c1-10(14(18)16-11-6-4-3-5-7-11)21-15(19)12-9-22-13(17-12)8-20-2/h3-7,9-10H,8H2,1-2H3,(H,16,18). The van der Waals surface area contributed by atoms with Crippen LogP contribution in [0.5, 0.6) is 0 Å². The summed E-state index contributed by atoms with van der Waals surface area (Å²) in [4.78, 5) is 28.0. The maximum absolute atomic E-state index is 12.0. The highest BCUT2D eigenvalue weighted by Gasteiger charge is 2.20. The maximum Gasteiger partial charge on any atom is 0.358 e. The molecule has 2 rings (SSSR count). The molecule has 0 aliphatic rings. The smallest absolute Gasteiger partial charge is 0.358 e. The van der Waals surface area contributed by atoms with Gasteiger partial charge in [0.2, 0.25) is 0 Å². The Hall–Kier alpha value is -2.25. The number of thiazole rings is 1. The monoisotopic (exact) mass is 320 g/mol. The highest BCUT2D eigenvalue weighted by Crippen LogP contribution is 2.13. The van der Waals surface area contributed by atoms with E-state index in [1.54, 1.807) is 36.8 Å². The van der Waals surface area contributed by atoms with Crippen molar-refractivity contribution in [2.24, 2.45) is 0 Å². The van der Waals surface area contributed by atoms with Crippen LogP contribution >= 0.6 is 11.3 Å². The Kier molecular flexibility index (Phi) is 5.62. The Labute approximate surface area is 132 Å². The van der Waals surface area contributed by atoms with Crippen LogP contribution in [0.3, 0.4) is 0 Å². The van der Waals surface area contributed by atoms with Crippen LogP contribution < -0.4 is 5.32 Å². The van der Waals surface area contributed by atoms with Crippen molar-refractivity contribution in [3.05, 3.63) is 46.4 Å². The minimum Gasteiger partial charge on any atom is -0.448 e. The lowest BCUT2D eigenvalue weighted by atomic mass is 10.3. The van der Waals surface area contributed by atoms with Crippen LogP contribution in [0.4, 0.5) is 5.69 Å². The number of methoxy groups -OCH3 is 1. The summed E-state index contributed by atoms with van der Waals surface area (Å²) in [5, 5.41) is 4.93. The number of nitrogens with zero attached hydrogens (tertiary/aromatic N) is 1. The number of aromatic nitrogens is 1. The predicted molar refractivity (Wildman–Crippen MR) is 82.8 cm³/mol. The Morgan fingerprint density at radius 1 is 1.32 bits per heavy atom. The zero-order valence-corrected chi connectivity index (χ0v) is 13.1. The molecule has 1 aromatic heterocycles. The number of esters is 1. The van der Waals surface area contributed by atoms with Crippen molar-refractivity contribution in [3.63, 3.8) is 0 Å². The number of ether oxygens (including phenoxy) is 2. The van der Waals surface area contributed by atoms with Crippen LogP contribution in [-0.4, -0.2) is 30.1 Å². The first-order valence-corrected chi connectivity index (χ1v) is 7.48. The van der Waals surface area contributed by atoms with Gasteiger partial charge >= 0.3 is 5.97 Å². The average molecular weight is 320 g/mol. The van der Waals surface area contributed by atoms with Crippen molar-refractivity contribution < 1.29 is 19.1 Å². The van der Waals surface area contributed by atoms with Crippen molar-refractivity contribution in [1.82, 2.24) is 4.98 Å². The fourth-order valence-electron chi connectivity index (χ4n) is 1.63. The summed E-state index contributed by atoms with van der Waals surface area (Å²) in [5.74, 6) is -1.03. The highest BCUT2D eigenvalue weighted by atomic mass is 32.1.